The lowest BCUT2D eigenvalue weighted by atomic mass is 10.2. The van der Waals surface area contributed by atoms with E-state index in [1.807, 2.05) is 0 Å². The third-order valence-electron chi connectivity index (χ3n) is 1.88. The Bertz CT molecular complexity index is 446. The van der Waals surface area contributed by atoms with Gasteiger partial charge in [0.05, 0.1) is 17.6 Å². The molecule has 1 N–H and O–H groups in total. The molecule has 1 heterocycles. The zero-order chi connectivity index (χ0) is 13.9. The van der Waals surface area contributed by atoms with Crippen LogP contribution in [0.25, 0.3) is 0 Å². The van der Waals surface area contributed by atoms with E-state index in [0.717, 1.165) is 4.42 Å². The topological polar surface area (TPSA) is 54.5 Å². The predicted molar refractivity (Wildman–Crippen MR) is 73.4 cm³/mol. The van der Waals surface area contributed by atoms with Crippen LogP contribution in [-0.4, -0.2) is 23.7 Å². The Labute approximate surface area is 116 Å². The molecule has 0 aliphatic heterocycles. The van der Waals surface area contributed by atoms with Gasteiger partial charge in [-0.3, -0.25) is 0 Å². The van der Waals surface area contributed by atoms with Gasteiger partial charge in [0.25, 0.3) is 0 Å². The minimum absolute atomic E-state index is 0.234. The maximum atomic E-state index is 11.8. The average molecular weight is 292 g/mol. The lowest BCUT2D eigenvalue weighted by Crippen LogP contribution is -2.31. The van der Waals surface area contributed by atoms with Gasteiger partial charge in [-0.1, -0.05) is 11.6 Å². The fraction of sp³-hybridized carbons (Fsp3) is 0.455. The summed E-state index contributed by atoms with van der Waals surface area (Å²) in [4.78, 5) is 15.7. The van der Waals surface area contributed by atoms with Crippen LogP contribution in [0.1, 0.15) is 20.8 Å². The molecule has 5 nitrogen and oxygen atoms in total. The normalized spacial score (nSPS) is 11.0. The molecule has 0 aliphatic carbocycles. The molecule has 0 bridgehead atoms. The maximum absolute atomic E-state index is 11.8. The van der Waals surface area contributed by atoms with Crippen LogP contribution in [0.5, 0.6) is 0 Å². The van der Waals surface area contributed by atoms with Crippen LogP contribution in [0.3, 0.4) is 0 Å². The first-order valence-electron chi connectivity index (χ1n) is 5.27. The number of halogens is 2. The molecule has 0 atom stereocenters. The van der Waals surface area contributed by atoms with Crippen molar-refractivity contribution in [3.8, 4) is 0 Å². The summed E-state index contributed by atoms with van der Waals surface area (Å²) in [6.45, 7) is 5.27. The zero-order valence-electron chi connectivity index (χ0n) is 10.6. The van der Waals surface area contributed by atoms with E-state index in [2.05, 4.69) is 10.3 Å². The quantitative estimate of drug-likeness (QED) is 0.667. The Morgan fingerprint density at radius 3 is 2.61 bits per heavy atom. The minimum atomic E-state index is -0.678. The number of nitrogens with zero attached hydrogens (tertiary/aromatic N) is 2. The standard InChI is InChI=1S/C11H15Cl2N3O2/c1-11(2,3)18-10(17)16(13)8-5-9(12)15-6-7(8)14-4/h5-6,14H,1-4H3. The van der Waals surface area contributed by atoms with Crippen molar-refractivity contribution in [1.29, 1.82) is 0 Å². The third kappa shape index (κ3) is 3.92. The lowest BCUT2D eigenvalue weighted by molar-refractivity contribution is 0.0609. The van der Waals surface area contributed by atoms with Crippen LogP contribution in [-0.2, 0) is 4.74 Å². The third-order valence-corrected chi connectivity index (χ3v) is 2.41. The highest BCUT2D eigenvalue weighted by atomic mass is 35.5. The Kier molecular flexibility index (Phi) is 4.65. The van der Waals surface area contributed by atoms with Gasteiger partial charge in [0.1, 0.15) is 10.8 Å². The maximum Gasteiger partial charge on any atom is 0.429 e. The molecule has 0 aliphatic rings. The van der Waals surface area contributed by atoms with Crippen LogP contribution in [0.15, 0.2) is 12.3 Å². The van der Waals surface area contributed by atoms with Crippen LogP contribution in [0, 0.1) is 0 Å². The van der Waals surface area contributed by atoms with Gasteiger partial charge in [-0.15, -0.1) is 0 Å². The number of carbonyl (C=O) groups excluding carboxylic acids is 1. The van der Waals surface area contributed by atoms with Crippen molar-refractivity contribution >= 4 is 40.8 Å². The van der Waals surface area contributed by atoms with Gasteiger partial charge in [-0.05, 0) is 20.8 Å². The van der Waals surface area contributed by atoms with E-state index < -0.39 is 11.7 Å². The van der Waals surface area contributed by atoms with Crippen molar-refractivity contribution in [3.63, 3.8) is 0 Å². The zero-order valence-corrected chi connectivity index (χ0v) is 12.1. The molecule has 0 saturated heterocycles. The average Bonchev–Trinajstić information content (AvgIpc) is 2.25. The van der Waals surface area contributed by atoms with E-state index in [9.17, 15) is 4.79 Å². The highest BCUT2D eigenvalue weighted by Gasteiger charge is 2.24. The van der Waals surface area contributed by atoms with Crippen molar-refractivity contribution in [2.24, 2.45) is 0 Å². The van der Waals surface area contributed by atoms with Crippen LogP contribution < -0.4 is 9.74 Å². The number of hydrogen-bond donors (Lipinski definition) is 1. The number of anilines is 2. The number of nitrogens with one attached hydrogen (secondary N) is 1. The molecule has 0 fully saturated rings. The molecule has 0 saturated carbocycles. The molecule has 1 aromatic rings. The van der Waals surface area contributed by atoms with Crippen LogP contribution in [0.2, 0.25) is 5.15 Å². The molecule has 100 valence electrons. The number of carbonyl (C=O) groups is 1. The number of ether oxygens (including phenoxy) is 1. The Morgan fingerprint density at radius 2 is 2.11 bits per heavy atom. The fourth-order valence-electron chi connectivity index (χ4n) is 1.18. The Morgan fingerprint density at radius 1 is 1.50 bits per heavy atom. The number of pyridine rings is 1. The number of aromatic nitrogens is 1. The van der Waals surface area contributed by atoms with Gasteiger partial charge in [0, 0.05) is 24.9 Å². The number of amides is 1. The summed E-state index contributed by atoms with van der Waals surface area (Å²) in [7, 11) is 1.69. The fourth-order valence-corrected chi connectivity index (χ4v) is 1.50. The van der Waals surface area contributed by atoms with Gasteiger partial charge in [-0.25, -0.2) is 9.78 Å². The van der Waals surface area contributed by atoms with Crippen molar-refractivity contribution in [3.05, 3.63) is 17.4 Å². The molecule has 1 amide bonds. The largest absolute Gasteiger partial charge is 0.443 e. The summed E-state index contributed by atoms with van der Waals surface area (Å²) >= 11 is 11.7. The highest BCUT2D eigenvalue weighted by Crippen LogP contribution is 2.30. The van der Waals surface area contributed by atoms with E-state index in [4.69, 9.17) is 28.1 Å². The lowest BCUT2D eigenvalue weighted by Gasteiger charge is -2.23. The summed E-state index contributed by atoms with van der Waals surface area (Å²) in [5.74, 6) is 0. The smallest absolute Gasteiger partial charge is 0.429 e. The number of hydrogen-bond acceptors (Lipinski definition) is 4. The van der Waals surface area contributed by atoms with Crippen molar-refractivity contribution in [2.45, 2.75) is 26.4 Å². The first kappa shape index (κ1) is 14.9. The van der Waals surface area contributed by atoms with E-state index >= 15 is 0 Å². The summed E-state index contributed by atoms with van der Waals surface area (Å²) in [5.41, 5.74) is 0.328. The van der Waals surface area contributed by atoms with Gasteiger partial charge >= 0.3 is 6.09 Å². The minimum Gasteiger partial charge on any atom is -0.443 e. The van der Waals surface area contributed by atoms with E-state index in [1.54, 1.807) is 27.8 Å². The van der Waals surface area contributed by atoms with E-state index in [1.165, 1.54) is 12.3 Å². The highest BCUT2D eigenvalue weighted by molar-refractivity contribution is 6.37. The second kappa shape index (κ2) is 5.63. The Balaban J connectivity index is 2.99. The molecule has 0 unspecified atom stereocenters. The SMILES string of the molecule is CNc1cnc(Cl)cc1N(Cl)C(=O)OC(C)(C)C. The van der Waals surface area contributed by atoms with Crippen LogP contribution in [0.4, 0.5) is 16.2 Å². The summed E-state index contributed by atoms with van der Waals surface area (Å²) in [6, 6.07) is 1.48. The molecule has 1 rings (SSSR count). The molecular formula is C11H15Cl2N3O2. The van der Waals surface area contributed by atoms with E-state index in [0.29, 0.717) is 11.4 Å². The van der Waals surface area contributed by atoms with E-state index in [-0.39, 0.29) is 5.15 Å². The summed E-state index contributed by atoms with van der Waals surface area (Å²) < 4.78 is 6.02. The molecule has 0 radical (unpaired) electrons. The van der Waals surface area contributed by atoms with Gasteiger partial charge in [0.15, 0.2) is 0 Å². The predicted octanol–water partition coefficient (Wildman–Crippen LogP) is 3.67. The van der Waals surface area contributed by atoms with Crippen molar-refractivity contribution in [1.82, 2.24) is 4.98 Å². The molecule has 1 aromatic heterocycles. The van der Waals surface area contributed by atoms with Gasteiger partial charge in [-0.2, -0.15) is 4.42 Å². The van der Waals surface area contributed by atoms with Crippen LogP contribution >= 0.6 is 23.4 Å². The summed E-state index contributed by atoms with van der Waals surface area (Å²) in [6.07, 6.45) is 0.806. The second-order valence-corrected chi connectivity index (χ2v) is 5.26. The number of rotatable bonds is 2. The first-order chi connectivity index (χ1) is 8.24. The summed E-state index contributed by atoms with van der Waals surface area (Å²) in [5, 5.41) is 3.10. The van der Waals surface area contributed by atoms with Crippen molar-refractivity contribution < 1.29 is 9.53 Å². The van der Waals surface area contributed by atoms with Gasteiger partial charge < -0.3 is 10.1 Å². The molecule has 18 heavy (non-hydrogen) atoms. The molecule has 0 spiro atoms. The second-order valence-electron chi connectivity index (χ2n) is 4.54. The van der Waals surface area contributed by atoms with Gasteiger partial charge in [0.2, 0.25) is 0 Å². The Hall–Kier alpha value is -1.20. The monoisotopic (exact) mass is 291 g/mol. The molecule has 7 heteroatoms. The molecule has 0 aromatic carbocycles. The van der Waals surface area contributed by atoms with Crippen molar-refractivity contribution in [2.75, 3.05) is 16.8 Å². The first-order valence-corrected chi connectivity index (χ1v) is 5.98. The molecular weight excluding hydrogens is 277 g/mol.